The molecule has 184 valence electrons. The van der Waals surface area contributed by atoms with Crippen LogP contribution < -0.4 is 0 Å². The summed E-state index contributed by atoms with van der Waals surface area (Å²) >= 11 is 0. The van der Waals surface area contributed by atoms with Crippen LogP contribution in [-0.4, -0.2) is 69.0 Å². The zero-order chi connectivity index (χ0) is 23.7. The summed E-state index contributed by atoms with van der Waals surface area (Å²) in [6, 6.07) is 0. The maximum absolute atomic E-state index is 12.6. The number of aliphatic hydroxyl groups excluding tert-OH is 3. The van der Waals surface area contributed by atoms with E-state index >= 15 is 0 Å². The monoisotopic (exact) mass is 464 g/mol. The molecule has 5 rings (SSSR count). The number of hydrogen-bond donors (Lipinski definition) is 4. The first-order chi connectivity index (χ1) is 15.6. The Morgan fingerprint density at radius 1 is 1.03 bits per heavy atom. The third kappa shape index (κ3) is 3.52. The fraction of sp³-hybridized carbons (Fsp3) is 0.840. The van der Waals surface area contributed by atoms with E-state index < -0.39 is 36.7 Å². The highest BCUT2D eigenvalue weighted by Gasteiger charge is 2.59. The zero-order valence-corrected chi connectivity index (χ0v) is 19.4. The van der Waals surface area contributed by atoms with Crippen LogP contribution in [0.3, 0.4) is 0 Å². The number of carboxylic acid groups (broad SMARTS) is 1. The third-order valence-corrected chi connectivity index (χ3v) is 9.91. The van der Waals surface area contributed by atoms with Crippen molar-refractivity contribution in [2.75, 3.05) is 0 Å². The number of ketones is 1. The Morgan fingerprint density at radius 2 is 1.73 bits per heavy atom. The first-order valence-corrected chi connectivity index (χ1v) is 12.4. The van der Waals surface area contributed by atoms with Crippen LogP contribution in [0, 0.1) is 28.6 Å². The number of fused-ring (bicyclic) bond motifs is 5. The molecule has 1 aliphatic heterocycles. The van der Waals surface area contributed by atoms with E-state index in [1.807, 2.05) is 0 Å². The quantitative estimate of drug-likeness (QED) is 0.465. The summed E-state index contributed by atoms with van der Waals surface area (Å²) in [7, 11) is 0. The topological polar surface area (TPSA) is 134 Å². The molecule has 8 heteroatoms. The number of aliphatic carboxylic acids is 1. The first kappa shape index (κ1) is 23.4. The Morgan fingerprint density at radius 3 is 2.45 bits per heavy atom. The van der Waals surface area contributed by atoms with E-state index in [2.05, 4.69) is 19.9 Å². The van der Waals surface area contributed by atoms with Gasteiger partial charge in [-0.25, -0.2) is 4.79 Å². The van der Waals surface area contributed by atoms with Gasteiger partial charge in [-0.05, 0) is 68.1 Å². The van der Waals surface area contributed by atoms with Crippen LogP contribution in [0.25, 0.3) is 0 Å². The molecule has 0 aromatic carbocycles. The summed E-state index contributed by atoms with van der Waals surface area (Å²) in [4.78, 5) is 24.0. The molecule has 0 aromatic heterocycles. The van der Waals surface area contributed by atoms with E-state index in [1.54, 1.807) is 0 Å². The van der Waals surface area contributed by atoms with Crippen molar-refractivity contribution >= 4 is 11.8 Å². The fourth-order valence-corrected chi connectivity index (χ4v) is 7.87. The minimum atomic E-state index is -1.72. The van der Waals surface area contributed by atoms with Crippen LogP contribution in [0.4, 0.5) is 0 Å². The Bertz CT molecular complexity index is 855. The van der Waals surface area contributed by atoms with Crippen molar-refractivity contribution in [2.45, 2.75) is 102 Å². The molecule has 11 atom stereocenters. The second-order valence-electron chi connectivity index (χ2n) is 11.4. The van der Waals surface area contributed by atoms with Gasteiger partial charge in [0.25, 0.3) is 0 Å². The van der Waals surface area contributed by atoms with Crippen molar-refractivity contribution in [1.82, 2.24) is 0 Å². The molecule has 3 saturated carbocycles. The standard InChI is InChI=1S/C25H36O8/c1-24-9-7-13(32-23-20(29)18(27)19(28)21(33-23)22(30)31)11-12(24)3-4-14-15-5-6-17(26)25(15,2)10-8-16(14)24/h3,13-16,18-21,23,27-29H,4-11H2,1-2H3,(H,30,31)/t13-,14?,15?,16?,18-,19-,20+,21-,23+,24-,25-/m0/s1. The minimum Gasteiger partial charge on any atom is -0.479 e. The molecule has 1 heterocycles. The molecule has 0 amide bonds. The summed E-state index contributed by atoms with van der Waals surface area (Å²) < 4.78 is 11.3. The number of aliphatic hydroxyl groups is 3. The van der Waals surface area contributed by atoms with Gasteiger partial charge in [0, 0.05) is 11.8 Å². The normalized spacial score (nSPS) is 51.8. The molecule has 33 heavy (non-hydrogen) atoms. The summed E-state index contributed by atoms with van der Waals surface area (Å²) in [5, 5.41) is 39.6. The summed E-state index contributed by atoms with van der Waals surface area (Å²) in [6.07, 6.45) is 1.28. The smallest absolute Gasteiger partial charge is 0.335 e. The maximum Gasteiger partial charge on any atom is 0.335 e. The number of carbonyl (C=O) groups excluding carboxylic acids is 1. The molecule has 1 saturated heterocycles. The number of ether oxygens (including phenoxy) is 2. The van der Waals surface area contributed by atoms with Crippen molar-refractivity contribution in [1.29, 1.82) is 0 Å². The predicted molar refractivity (Wildman–Crippen MR) is 116 cm³/mol. The van der Waals surface area contributed by atoms with Gasteiger partial charge in [-0.3, -0.25) is 4.79 Å². The van der Waals surface area contributed by atoms with Gasteiger partial charge in [0.2, 0.25) is 0 Å². The Hall–Kier alpha value is -1.32. The van der Waals surface area contributed by atoms with Gasteiger partial charge in [0.15, 0.2) is 12.4 Å². The van der Waals surface area contributed by atoms with Crippen LogP contribution in [-0.2, 0) is 19.1 Å². The maximum atomic E-state index is 12.6. The molecule has 0 spiro atoms. The highest BCUT2D eigenvalue weighted by molar-refractivity contribution is 5.87. The first-order valence-electron chi connectivity index (χ1n) is 12.4. The van der Waals surface area contributed by atoms with Crippen molar-refractivity contribution in [3.8, 4) is 0 Å². The lowest BCUT2D eigenvalue weighted by Crippen LogP contribution is -2.61. The van der Waals surface area contributed by atoms with Crippen LogP contribution in [0.2, 0.25) is 0 Å². The average molecular weight is 465 g/mol. The van der Waals surface area contributed by atoms with Crippen molar-refractivity contribution in [3.05, 3.63) is 11.6 Å². The number of allylic oxidation sites excluding steroid dienone is 1. The van der Waals surface area contributed by atoms with Gasteiger partial charge < -0.3 is 29.9 Å². The molecule has 4 aliphatic carbocycles. The lowest BCUT2D eigenvalue weighted by molar-refractivity contribution is -0.306. The van der Waals surface area contributed by atoms with E-state index in [-0.39, 0.29) is 16.9 Å². The van der Waals surface area contributed by atoms with Crippen molar-refractivity contribution < 1.29 is 39.5 Å². The van der Waals surface area contributed by atoms with Crippen molar-refractivity contribution in [2.24, 2.45) is 28.6 Å². The number of hydrogen-bond acceptors (Lipinski definition) is 7. The van der Waals surface area contributed by atoms with E-state index in [1.165, 1.54) is 5.57 Å². The highest BCUT2D eigenvalue weighted by atomic mass is 16.7. The number of carboxylic acids is 1. The van der Waals surface area contributed by atoms with Gasteiger partial charge in [-0.2, -0.15) is 0 Å². The largest absolute Gasteiger partial charge is 0.479 e. The van der Waals surface area contributed by atoms with Crippen molar-refractivity contribution in [3.63, 3.8) is 0 Å². The molecule has 5 aliphatic rings. The van der Waals surface area contributed by atoms with E-state index in [9.17, 15) is 30.0 Å². The molecule has 0 radical (unpaired) electrons. The van der Waals surface area contributed by atoms with Gasteiger partial charge in [0.1, 0.15) is 24.1 Å². The molecule has 8 nitrogen and oxygen atoms in total. The number of Topliss-reactive ketones (excluding diaryl/α,β-unsaturated/α-hetero) is 1. The van der Waals surface area contributed by atoms with E-state index in [0.717, 1.165) is 44.9 Å². The minimum absolute atomic E-state index is 0.0566. The lowest BCUT2D eigenvalue weighted by Gasteiger charge is -2.57. The molecule has 4 fully saturated rings. The van der Waals surface area contributed by atoms with Gasteiger partial charge in [-0.15, -0.1) is 0 Å². The summed E-state index contributed by atoms with van der Waals surface area (Å²) in [6.45, 7) is 4.53. The van der Waals surface area contributed by atoms with Crippen LogP contribution in [0.5, 0.6) is 0 Å². The Balaban J connectivity index is 1.30. The molecular formula is C25H36O8. The van der Waals surface area contributed by atoms with Crippen LogP contribution in [0.1, 0.15) is 65.2 Å². The second-order valence-corrected chi connectivity index (χ2v) is 11.4. The van der Waals surface area contributed by atoms with Gasteiger partial charge >= 0.3 is 5.97 Å². The number of carbonyl (C=O) groups is 2. The SMILES string of the molecule is C[C@]12CC[C@H](O[C@@H]3O[C@H](C(=O)O)[C@@H](O)[C@H](O)[C@H]3O)CC1=CCC1C2CC[C@]2(C)C(=O)CCC12. The molecule has 0 aromatic rings. The average Bonchev–Trinajstić information content (AvgIpc) is 3.08. The Labute approximate surface area is 194 Å². The molecular weight excluding hydrogens is 428 g/mol. The third-order valence-electron chi connectivity index (χ3n) is 9.91. The van der Waals surface area contributed by atoms with Gasteiger partial charge in [-0.1, -0.05) is 25.5 Å². The van der Waals surface area contributed by atoms with Crippen LogP contribution in [0.15, 0.2) is 11.6 Å². The van der Waals surface area contributed by atoms with Crippen LogP contribution >= 0.6 is 0 Å². The molecule has 3 unspecified atom stereocenters. The number of rotatable bonds is 3. The summed E-state index contributed by atoms with van der Waals surface area (Å²) in [5.41, 5.74) is 1.25. The second kappa shape index (κ2) is 8.12. The molecule has 0 bridgehead atoms. The Kier molecular flexibility index (Phi) is 5.77. The molecule has 4 N–H and O–H groups in total. The van der Waals surface area contributed by atoms with E-state index in [0.29, 0.717) is 30.0 Å². The fourth-order valence-electron chi connectivity index (χ4n) is 7.87. The lowest BCUT2D eigenvalue weighted by atomic mass is 9.48. The van der Waals surface area contributed by atoms with Gasteiger partial charge in [0.05, 0.1) is 6.10 Å². The summed E-state index contributed by atoms with van der Waals surface area (Å²) in [5.74, 6) is 0.596. The van der Waals surface area contributed by atoms with E-state index in [4.69, 9.17) is 9.47 Å². The zero-order valence-electron chi connectivity index (χ0n) is 19.4. The predicted octanol–water partition coefficient (Wildman–Crippen LogP) is 1.80. The highest BCUT2D eigenvalue weighted by Crippen LogP contribution is 2.64.